The largest absolute Gasteiger partial charge is 0.340 e. The predicted octanol–water partition coefficient (Wildman–Crippen LogP) is 2.25. The van der Waals surface area contributed by atoms with Crippen LogP contribution in [0.4, 0.5) is 0 Å². The Labute approximate surface area is 162 Å². The average molecular weight is 370 g/mol. The highest BCUT2D eigenvalue weighted by atomic mass is 16.2. The Morgan fingerprint density at radius 2 is 1.85 bits per heavy atom. The molecule has 1 fully saturated rings. The summed E-state index contributed by atoms with van der Waals surface area (Å²) in [6.07, 6.45) is 2.14. The van der Waals surface area contributed by atoms with Gasteiger partial charge in [0.05, 0.1) is 11.4 Å². The van der Waals surface area contributed by atoms with Gasteiger partial charge >= 0.3 is 0 Å². The van der Waals surface area contributed by atoms with E-state index in [0.717, 1.165) is 57.2 Å². The van der Waals surface area contributed by atoms with Crippen LogP contribution < -0.4 is 5.32 Å². The fourth-order valence-electron chi connectivity index (χ4n) is 3.50. The van der Waals surface area contributed by atoms with Gasteiger partial charge in [-0.05, 0) is 18.1 Å². The summed E-state index contributed by atoms with van der Waals surface area (Å²) in [5, 5.41) is 8.37. The first-order valence-electron chi connectivity index (χ1n) is 9.87. The van der Waals surface area contributed by atoms with E-state index in [9.17, 15) is 4.79 Å². The zero-order valence-electron chi connectivity index (χ0n) is 16.7. The number of hydrogen-bond donors (Lipinski definition) is 1. The molecule has 1 aromatic heterocycles. The zero-order chi connectivity index (χ0) is 19.2. The van der Waals surface area contributed by atoms with Crippen LogP contribution >= 0.6 is 0 Å². The van der Waals surface area contributed by atoms with E-state index in [1.165, 1.54) is 5.56 Å². The van der Waals surface area contributed by atoms with Gasteiger partial charge < -0.3 is 10.2 Å². The normalized spacial score (nSPS) is 15.5. The van der Waals surface area contributed by atoms with Crippen molar-refractivity contribution in [2.24, 2.45) is 0 Å². The molecular weight excluding hydrogens is 338 g/mol. The summed E-state index contributed by atoms with van der Waals surface area (Å²) in [7, 11) is 0. The van der Waals surface area contributed by atoms with Crippen LogP contribution in [0.1, 0.15) is 37.9 Å². The maximum Gasteiger partial charge on any atom is 0.219 e. The maximum absolute atomic E-state index is 11.4. The first kappa shape index (κ1) is 19.6. The van der Waals surface area contributed by atoms with Gasteiger partial charge in [0.15, 0.2) is 0 Å². The zero-order valence-corrected chi connectivity index (χ0v) is 16.7. The fraction of sp³-hybridized carbons (Fsp3) is 0.524. The molecule has 3 rings (SSSR count). The van der Waals surface area contributed by atoms with E-state index in [4.69, 9.17) is 5.10 Å². The van der Waals surface area contributed by atoms with Crippen molar-refractivity contribution in [1.29, 1.82) is 0 Å². The molecule has 0 unspecified atom stereocenters. The number of amides is 1. The lowest BCUT2D eigenvalue weighted by Gasteiger charge is -2.34. The number of rotatable bonds is 7. The second-order valence-corrected chi connectivity index (χ2v) is 7.50. The van der Waals surface area contributed by atoms with Crippen molar-refractivity contribution in [1.82, 2.24) is 24.9 Å². The number of piperazine rings is 1. The van der Waals surface area contributed by atoms with Gasteiger partial charge in [0.2, 0.25) is 5.91 Å². The lowest BCUT2D eigenvalue weighted by molar-refractivity contribution is -0.130. The van der Waals surface area contributed by atoms with E-state index in [-0.39, 0.29) is 5.91 Å². The van der Waals surface area contributed by atoms with Crippen LogP contribution in [0.2, 0.25) is 0 Å². The van der Waals surface area contributed by atoms with E-state index in [1.807, 2.05) is 27.8 Å². The van der Waals surface area contributed by atoms with Crippen LogP contribution in [0.25, 0.3) is 5.69 Å². The Balaban J connectivity index is 1.51. The standard InChI is InChI=1S/C21H31N5O/c1-17(2)21-19(16-26(23-21)20-7-5-4-6-8-20)15-22-9-10-24-11-13-25(14-12-24)18(3)27/h4-8,16-17,22H,9-15H2,1-3H3. The molecule has 1 saturated heterocycles. The minimum atomic E-state index is 0.185. The van der Waals surface area contributed by atoms with E-state index >= 15 is 0 Å². The Hall–Kier alpha value is -2.18. The molecule has 6 nitrogen and oxygen atoms in total. The van der Waals surface area contributed by atoms with Gasteiger partial charge in [0.25, 0.3) is 0 Å². The quantitative estimate of drug-likeness (QED) is 0.761. The number of benzene rings is 1. The lowest BCUT2D eigenvalue weighted by Crippen LogP contribution is -2.49. The maximum atomic E-state index is 11.4. The summed E-state index contributed by atoms with van der Waals surface area (Å²) in [5.74, 6) is 0.579. The van der Waals surface area contributed by atoms with Crippen LogP contribution in [-0.4, -0.2) is 64.8 Å². The molecule has 1 N–H and O–H groups in total. The molecule has 0 spiro atoms. The number of hydrogen-bond acceptors (Lipinski definition) is 4. The summed E-state index contributed by atoms with van der Waals surface area (Å²) < 4.78 is 1.98. The molecular formula is C21H31N5O. The smallest absolute Gasteiger partial charge is 0.219 e. The molecule has 0 aliphatic carbocycles. The van der Waals surface area contributed by atoms with Crippen molar-refractivity contribution >= 4 is 5.91 Å². The number of carbonyl (C=O) groups excluding carboxylic acids is 1. The molecule has 1 aromatic carbocycles. The highest BCUT2D eigenvalue weighted by Gasteiger charge is 2.18. The fourth-order valence-corrected chi connectivity index (χ4v) is 3.50. The van der Waals surface area contributed by atoms with E-state index in [2.05, 4.69) is 42.4 Å². The Morgan fingerprint density at radius 3 is 2.48 bits per heavy atom. The SMILES string of the molecule is CC(=O)N1CCN(CCNCc2cn(-c3ccccc3)nc2C(C)C)CC1. The Kier molecular flexibility index (Phi) is 6.63. The van der Waals surface area contributed by atoms with Crippen LogP contribution in [0.15, 0.2) is 36.5 Å². The molecule has 1 amide bonds. The third kappa shape index (κ3) is 5.17. The molecule has 0 bridgehead atoms. The van der Waals surface area contributed by atoms with Gasteiger partial charge in [-0.25, -0.2) is 4.68 Å². The van der Waals surface area contributed by atoms with Crippen LogP contribution in [0.5, 0.6) is 0 Å². The van der Waals surface area contributed by atoms with Gasteiger partial charge in [-0.2, -0.15) is 5.10 Å². The highest BCUT2D eigenvalue weighted by Crippen LogP contribution is 2.19. The number of nitrogens with zero attached hydrogens (tertiary/aromatic N) is 4. The van der Waals surface area contributed by atoms with E-state index in [1.54, 1.807) is 6.92 Å². The molecule has 0 saturated carbocycles. The molecule has 0 atom stereocenters. The van der Waals surface area contributed by atoms with E-state index in [0.29, 0.717) is 5.92 Å². The van der Waals surface area contributed by atoms with Gasteiger partial charge in [0, 0.05) is 64.5 Å². The van der Waals surface area contributed by atoms with Gasteiger partial charge in [-0.3, -0.25) is 9.69 Å². The van der Waals surface area contributed by atoms with Gasteiger partial charge in [-0.15, -0.1) is 0 Å². The van der Waals surface area contributed by atoms with E-state index < -0.39 is 0 Å². The summed E-state index contributed by atoms with van der Waals surface area (Å²) in [6.45, 7) is 12.4. The summed E-state index contributed by atoms with van der Waals surface area (Å²) in [4.78, 5) is 15.7. The topological polar surface area (TPSA) is 53.4 Å². The lowest BCUT2D eigenvalue weighted by atomic mass is 10.1. The summed E-state index contributed by atoms with van der Waals surface area (Å²) in [5.41, 5.74) is 3.51. The summed E-state index contributed by atoms with van der Waals surface area (Å²) in [6, 6.07) is 10.3. The van der Waals surface area contributed by atoms with Crippen molar-refractivity contribution in [3.8, 4) is 5.69 Å². The van der Waals surface area contributed by atoms with Crippen molar-refractivity contribution in [3.05, 3.63) is 47.8 Å². The minimum Gasteiger partial charge on any atom is -0.340 e. The molecule has 1 aliphatic heterocycles. The minimum absolute atomic E-state index is 0.185. The first-order valence-corrected chi connectivity index (χ1v) is 9.87. The number of carbonyl (C=O) groups is 1. The molecule has 146 valence electrons. The predicted molar refractivity (Wildman–Crippen MR) is 108 cm³/mol. The number of nitrogens with one attached hydrogen (secondary N) is 1. The van der Waals surface area contributed by atoms with Crippen LogP contribution in [-0.2, 0) is 11.3 Å². The van der Waals surface area contributed by atoms with Crippen molar-refractivity contribution in [2.45, 2.75) is 33.2 Å². The second-order valence-electron chi connectivity index (χ2n) is 7.50. The Bertz CT molecular complexity index is 732. The Morgan fingerprint density at radius 1 is 1.15 bits per heavy atom. The molecule has 27 heavy (non-hydrogen) atoms. The molecule has 6 heteroatoms. The van der Waals surface area contributed by atoms with Gasteiger partial charge in [0.1, 0.15) is 0 Å². The van der Waals surface area contributed by atoms with Crippen molar-refractivity contribution < 1.29 is 4.79 Å². The third-order valence-electron chi connectivity index (χ3n) is 5.13. The average Bonchev–Trinajstić information content (AvgIpc) is 3.11. The van der Waals surface area contributed by atoms with Crippen molar-refractivity contribution in [2.75, 3.05) is 39.3 Å². The first-order chi connectivity index (χ1) is 13.0. The third-order valence-corrected chi connectivity index (χ3v) is 5.13. The highest BCUT2D eigenvalue weighted by molar-refractivity contribution is 5.73. The van der Waals surface area contributed by atoms with Crippen molar-refractivity contribution in [3.63, 3.8) is 0 Å². The van der Waals surface area contributed by atoms with Crippen LogP contribution in [0, 0.1) is 0 Å². The number of para-hydroxylation sites is 1. The van der Waals surface area contributed by atoms with Crippen LogP contribution in [0.3, 0.4) is 0 Å². The second kappa shape index (κ2) is 9.15. The van der Waals surface area contributed by atoms with Gasteiger partial charge in [-0.1, -0.05) is 32.0 Å². The molecule has 1 aliphatic rings. The monoisotopic (exact) mass is 369 g/mol. The molecule has 2 aromatic rings. The molecule has 0 radical (unpaired) electrons. The summed E-state index contributed by atoms with van der Waals surface area (Å²) >= 11 is 0. The number of aromatic nitrogens is 2. The molecule has 2 heterocycles.